The molecule has 4 amide bonds. The van der Waals surface area contributed by atoms with Gasteiger partial charge in [0.25, 0.3) is 0 Å². The molecular formula is C23H27F3N4O4. The Hall–Kier alpha value is -3.47. The number of aliphatic hydroxyl groups excluding tert-OH is 1. The van der Waals surface area contributed by atoms with Crippen LogP contribution in [0, 0.1) is 6.92 Å². The van der Waals surface area contributed by atoms with Crippen LogP contribution in [0.1, 0.15) is 24.5 Å². The molecule has 34 heavy (non-hydrogen) atoms. The summed E-state index contributed by atoms with van der Waals surface area (Å²) in [5.74, 6) is 0.0332. The van der Waals surface area contributed by atoms with Crippen molar-refractivity contribution in [3.63, 3.8) is 0 Å². The van der Waals surface area contributed by atoms with Crippen molar-refractivity contribution < 1.29 is 32.6 Å². The van der Waals surface area contributed by atoms with Gasteiger partial charge in [-0.25, -0.2) is 14.5 Å². The molecule has 184 valence electrons. The molecule has 0 aromatic heterocycles. The van der Waals surface area contributed by atoms with Gasteiger partial charge < -0.3 is 15.2 Å². The minimum absolute atomic E-state index is 0.0332. The van der Waals surface area contributed by atoms with Crippen LogP contribution in [0.5, 0.6) is 5.75 Å². The highest BCUT2D eigenvalue weighted by molar-refractivity contribution is 5.96. The predicted octanol–water partition coefficient (Wildman–Crippen LogP) is 4.05. The van der Waals surface area contributed by atoms with Crippen molar-refractivity contribution in [3.8, 4) is 5.75 Å². The lowest BCUT2D eigenvalue weighted by atomic mass is 10.1. The Labute approximate surface area is 195 Å². The van der Waals surface area contributed by atoms with E-state index in [2.05, 4.69) is 10.6 Å². The standard InChI is InChI=1S/C23H27F3N4O4/c1-15-4-6-17(7-5-15)14-30-20(28-21(32)29(22(30)33)12-3-13-31)27-18-8-10-19(11-9-18)34-16(2)23(24,25)26/h4-11,16,20,27,31H,3,12-14H2,1-2H3,(H,28,32)/t16-,20?/m1/s1. The van der Waals surface area contributed by atoms with Gasteiger partial charge in [-0.2, -0.15) is 13.2 Å². The average Bonchev–Trinajstić information content (AvgIpc) is 2.78. The van der Waals surface area contributed by atoms with Gasteiger partial charge >= 0.3 is 18.2 Å². The fraction of sp³-hybridized carbons (Fsp3) is 0.391. The van der Waals surface area contributed by atoms with Gasteiger partial charge in [-0.05, 0) is 50.1 Å². The van der Waals surface area contributed by atoms with Gasteiger partial charge in [0.15, 0.2) is 12.4 Å². The van der Waals surface area contributed by atoms with Gasteiger partial charge in [-0.3, -0.25) is 10.2 Å². The van der Waals surface area contributed by atoms with E-state index in [1.165, 1.54) is 29.2 Å². The number of aliphatic hydroxyl groups is 1. The molecule has 2 atom stereocenters. The van der Waals surface area contributed by atoms with Gasteiger partial charge in [-0.1, -0.05) is 29.8 Å². The Morgan fingerprint density at radius 1 is 1.12 bits per heavy atom. The highest BCUT2D eigenvalue weighted by Crippen LogP contribution is 2.26. The maximum Gasteiger partial charge on any atom is 0.425 e. The van der Waals surface area contributed by atoms with Crippen molar-refractivity contribution >= 4 is 17.7 Å². The molecule has 2 aromatic carbocycles. The zero-order valence-corrected chi connectivity index (χ0v) is 18.8. The number of benzene rings is 2. The molecule has 1 heterocycles. The number of alkyl halides is 3. The minimum atomic E-state index is -4.48. The van der Waals surface area contributed by atoms with Crippen LogP contribution in [0.3, 0.4) is 0 Å². The van der Waals surface area contributed by atoms with Crippen LogP contribution in [-0.2, 0) is 6.54 Å². The van der Waals surface area contributed by atoms with Crippen LogP contribution < -0.4 is 15.4 Å². The summed E-state index contributed by atoms with van der Waals surface area (Å²) in [6.07, 6.45) is -7.11. The van der Waals surface area contributed by atoms with Gasteiger partial charge in [0.1, 0.15) is 5.75 Å². The fourth-order valence-electron chi connectivity index (χ4n) is 3.27. The lowest BCUT2D eigenvalue weighted by Gasteiger charge is -2.41. The number of anilines is 1. The molecule has 0 saturated carbocycles. The third-order valence-electron chi connectivity index (χ3n) is 5.24. The largest absolute Gasteiger partial charge is 0.481 e. The number of nitrogens with one attached hydrogen (secondary N) is 2. The Balaban J connectivity index is 1.77. The summed E-state index contributed by atoms with van der Waals surface area (Å²) in [5, 5.41) is 14.8. The Kier molecular flexibility index (Phi) is 7.87. The molecule has 3 N–H and O–H groups in total. The molecule has 0 spiro atoms. The second kappa shape index (κ2) is 10.6. The smallest absolute Gasteiger partial charge is 0.425 e. The van der Waals surface area contributed by atoms with E-state index < -0.39 is 30.6 Å². The van der Waals surface area contributed by atoms with Gasteiger partial charge in [0, 0.05) is 18.8 Å². The first kappa shape index (κ1) is 25.2. The first-order valence-electron chi connectivity index (χ1n) is 10.7. The second-order valence-electron chi connectivity index (χ2n) is 7.95. The molecule has 2 aromatic rings. The zero-order valence-electron chi connectivity index (χ0n) is 18.8. The number of ether oxygens (including phenoxy) is 1. The monoisotopic (exact) mass is 480 g/mol. The average molecular weight is 480 g/mol. The van der Waals surface area contributed by atoms with Crippen LogP contribution in [0.25, 0.3) is 0 Å². The summed E-state index contributed by atoms with van der Waals surface area (Å²) in [5.41, 5.74) is 2.36. The Bertz CT molecular complexity index is 983. The third kappa shape index (κ3) is 6.31. The summed E-state index contributed by atoms with van der Waals surface area (Å²) in [7, 11) is 0. The molecule has 0 aliphatic carbocycles. The molecule has 1 aliphatic heterocycles. The second-order valence-corrected chi connectivity index (χ2v) is 7.95. The molecule has 0 bridgehead atoms. The molecule has 3 rings (SSSR count). The van der Waals surface area contributed by atoms with Crippen LogP contribution in [-0.4, -0.2) is 58.7 Å². The first-order valence-corrected chi connectivity index (χ1v) is 10.7. The summed E-state index contributed by atoms with van der Waals surface area (Å²) in [6.45, 7) is 2.94. The maximum absolute atomic E-state index is 13.1. The van der Waals surface area contributed by atoms with Crippen molar-refractivity contribution in [1.29, 1.82) is 0 Å². The Morgan fingerprint density at radius 2 is 1.76 bits per heavy atom. The van der Waals surface area contributed by atoms with E-state index in [1.54, 1.807) is 0 Å². The zero-order chi connectivity index (χ0) is 24.9. The number of hydrogen-bond acceptors (Lipinski definition) is 5. The number of rotatable bonds is 9. The first-order chi connectivity index (χ1) is 16.1. The van der Waals surface area contributed by atoms with E-state index in [-0.39, 0.29) is 31.9 Å². The Morgan fingerprint density at radius 3 is 2.35 bits per heavy atom. The molecule has 1 fully saturated rings. The third-order valence-corrected chi connectivity index (χ3v) is 5.24. The molecule has 8 nitrogen and oxygen atoms in total. The summed E-state index contributed by atoms with van der Waals surface area (Å²) in [6, 6.07) is 12.2. The van der Waals surface area contributed by atoms with E-state index in [9.17, 15) is 22.8 Å². The van der Waals surface area contributed by atoms with Crippen molar-refractivity contribution in [2.24, 2.45) is 0 Å². The number of carbonyl (C=O) groups excluding carboxylic acids is 2. The number of amides is 4. The number of halogens is 3. The number of carbonyl (C=O) groups is 2. The maximum atomic E-state index is 13.1. The number of imide groups is 1. The molecule has 11 heteroatoms. The van der Waals surface area contributed by atoms with Crippen LogP contribution in [0.4, 0.5) is 28.4 Å². The lowest BCUT2D eigenvalue weighted by molar-refractivity contribution is -0.189. The summed E-state index contributed by atoms with van der Waals surface area (Å²) in [4.78, 5) is 28.1. The van der Waals surface area contributed by atoms with Crippen molar-refractivity contribution in [2.45, 2.75) is 45.4 Å². The quantitative estimate of drug-likeness (QED) is 0.504. The lowest BCUT2D eigenvalue weighted by Crippen LogP contribution is -2.67. The van der Waals surface area contributed by atoms with E-state index in [0.29, 0.717) is 5.69 Å². The van der Waals surface area contributed by atoms with E-state index in [0.717, 1.165) is 23.0 Å². The highest BCUT2D eigenvalue weighted by Gasteiger charge is 2.39. The molecule has 1 saturated heterocycles. The van der Waals surface area contributed by atoms with Gasteiger partial charge in [0.05, 0.1) is 6.54 Å². The molecule has 0 radical (unpaired) electrons. The molecule has 1 unspecified atom stereocenters. The van der Waals surface area contributed by atoms with Crippen LogP contribution in [0.2, 0.25) is 0 Å². The molecule has 1 aliphatic rings. The van der Waals surface area contributed by atoms with Crippen molar-refractivity contribution in [3.05, 3.63) is 59.7 Å². The van der Waals surface area contributed by atoms with E-state index in [1.807, 2.05) is 31.2 Å². The number of nitrogens with zero attached hydrogens (tertiary/aromatic N) is 2. The SMILES string of the molecule is Cc1ccc(CN2C(=O)N(CCCO)C(=O)NC2Nc2ccc(O[C@H](C)C(F)(F)F)cc2)cc1. The highest BCUT2D eigenvalue weighted by atomic mass is 19.4. The van der Waals surface area contributed by atoms with Gasteiger partial charge in [-0.15, -0.1) is 0 Å². The van der Waals surface area contributed by atoms with E-state index >= 15 is 0 Å². The fourth-order valence-corrected chi connectivity index (χ4v) is 3.27. The van der Waals surface area contributed by atoms with E-state index in [4.69, 9.17) is 9.84 Å². The number of hydrogen-bond donors (Lipinski definition) is 3. The van der Waals surface area contributed by atoms with Crippen LogP contribution >= 0.6 is 0 Å². The predicted molar refractivity (Wildman–Crippen MR) is 119 cm³/mol. The summed E-state index contributed by atoms with van der Waals surface area (Å²) >= 11 is 0. The van der Waals surface area contributed by atoms with Crippen molar-refractivity contribution in [2.75, 3.05) is 18.5 Å². The summed E-state index contributed by atoms with van der Waals surface area (Å²) < 4.78 is 43.1. The minimum Gasteiger partial charge on any atom is -0.481 e. The number of aryl methyl sites for hydroxylation is 1. The normalized spacial score (nSPS) is 17.4. The van der Waals surface area contributed by atoms with Gasteiger partial charge in [0.2, 0.25) is 0 Å². The topological polar surface area (TPSA) is 94.1 Å². The number of urea groups is 2. The van der Waals surface area contributed by atoms with Crippen molar-refractivity contribution in [1.82, 2.24) is 15.1 Å². The molecular weight excluding hydrogens is 453 g/mol. The van der Waals surface area contributed by atoms with Crippen LogP contribution in [0.15, 0.2) is 48.5 Å².